The predicted octanol–water partition coefficient (Wildman–Crippen LogP) is 2.67. The molecule has 2 nitrogen and oxygen atoms in total. The first-order valence-corrected chi connectivity index (χ1v) is 4.22. The number of aldehydes is 1. The Kier molecular flexibility index (Phi) is 3.34. The maximum absolute atomic E-state index is 12.2. The fourth-order valence-electron chi connectivity index (χ4n) is 0.965. The van der Waals surface area contributed by atoms with Gasteiger partial charge in [-0.05, 0) is 31.2 Å². The van der Waals surface area contributed by atoms with Crippen LogP contribution in [0.3, 0.4) is 0 Å². The number of rotatable bonds is 3. The zero-order chi connectivity index (χ0) is 11.5. The molecule has 1 aromatic carbocycles. The van der Waals surface area contributed by atoms with E-state index in [1.54, 1.807) is 0 Å². The third kappa shape index (κ3) is 3.27. The Morgan fingerprint density at radius 3 is 2.20 bits per heavy atom. The topological polar surface area (TPSA) is 26.3 Å². The molecule has 0 fully saturated rings. The third-order valence-corrected chi connectivity index (χ3v) is 1.70. The van der Waals surface area contributed by atoms with Crippen molar-refractivity contribution in [2.75, 3.05) is 0 Å². The fourth-order valence-corrected chi connectivity index (χ4v) is 0.965. The van der Waals surface area contributed by atoms with Gasteiger partial charge in [-0.2, -0.15) is 13.2 Å². The number of alkyl halides is 3. The number of hydrogen-bond acceptors (Lipinski definition) is 2. The molecule has 0 saturated heterocycles. The van der Waals surface area contributed by atoms with Crippen LogP contribution >= 0.6 is 0 Å². The van der Waals surface area contributed by atoms with Crippen LogP contribution in [0, 0.1) is 0 Å². The van der Waals surface area contributed by atoms with Crippen molar-refractivity contribution < 1.29 is 22.7 Å². The van der Waals surface area contributed by atoms with E-state index in [0.29, 0.717) is 6.29 Å². The van der Waals surface area contributed by atoms with Gasteiger partial charge in [0.15, 0.2) is 12.4 Å². The zero-order valence-corrected chi connectivity index (χ0v) is 7.91. The highest BCUT2D eigenvalue weighted by Gasteiger charge is 2.30. The van der Waals surface area contributed by atoms with Gasteiger partial charge in [0.25, 0.3) is 0 Å². The molecule has 0 aliphatic rings. The first-order valence-electron chi connectivity index (χ1n) is 4.22. The van der Waals surface area contributed by atoms with Gasteiger partial charge in [0.05, 0.1) is 5.56 Å². The summed E-state index contributed by atoms with van der Waals surface area (Å²) in [5.74, 6) is 0.239. The van der Waals surface area contributed by atoms with Gasteiger partial charge in [0.2, 0.25) is 0 Å². The Hall–Kier alpha value is -1.52. The van der Waals surface area contributed by atoms with Crippen molar-refractivity contribution in [1.82, 2.24) is 0 Å². The summed E-state index contributed by atoms with van der Waals surface area (Å²) in [5, 5.41) is 0. The minimum Gasteiger partial charge on any atom is -0.483 e. The van der Waals surface area contributed by atoms with Crippen molar-refractivity contribution in [3.8, 4) is 5.75 Å². The molecule has 82 valence electrons. The summed E-state index contributed by atoms with van der Waals surface area (Å²) >= 11 is 0. The van der Waals surface area contributed by atoms with Gasteiger partial charge < -0.3 is 4.74 Å². The number of halogens is 3. The van der Waals surface area contributed by atoms with Gasteiger partial charge >= 0.3 is 6.18 Å². The van der Waals surface area contributed by atoms with Crippen LogP contribution < -0.4 is 4.74 Å². The van der Waals surface area contributed by atoms with Crippen molar-refractivity contribution in [3.63, 3.8) is 0 Å². The van der Waals surface area contributed by atoms with Crippen LogP contribution in [0.2, 0.25) is 0 Å². The average molecular weight is 218 g/mol. The summed E-state index contributed by atoms with van der Waals surface area (Å²) in [5.41, 5.74) is -0.742. The SMILES string of the molecule is CC(C=O)Oc1ccc(C(F)(F)F)cc1. The van der Waals surface area contributed by atoms with Gasteiger partial charge in [-0.25, -0.2) is 0 Å². The number of hydrogen-bond donors (Lipinski definition) is 0. The molecule has 0 N–H and O–H groups in total. The lowest BCUT2D eigenvalue weighted by Crippen LogP contribution is -2.13. The molecule has 5 heteroatoms. The zero-order valence-electron chi connectivity index (χ0n) is 7.91. The Bertz CT molecular complexity index is 330. The van der Waals surface area contributed by atoms with Gasteiger partial charge in [-0.1, -0.05) is 0 Å². The summed E-state index contributed by atoms with van der Waals surface area (Å²) < 4.78 is 41.4. The predicted molar refractivity (Wildman–Crippen MR) is 47.6 cm³/mol. The van der Waals surface area contributed by atoms with E-state index < -0.39 is 17.8 Å². The van der Waals surface area contributed by atoms with Crippen molar-refractivity contribution in [2.24, 2.45) is 0 Å². The molecule has 0 aliphatic heterocycles. The first-order chi connectivity index (χ1) is 6.93. The molecule has 15 heavy (non-hydrogen) atoms. The number of carbonyl (C=O) groups excluding carboxylic acids is 1. The molecule has 1 unspecified atom stereocenters. The van der Waals surface area contributed by atoms with E-state index in [1.807, 2.05) is 0 Å². The third-order valence-electron chi connectivity index (χ3n) is 1.70. The first kappa shape index (κ1) is 11.6. The second kappa shape index (κ2) is 4.33. The minimum atomic E-state index is -4.35. The molecule has 0 aliphatic carbocycles. The van der Waals surface area contributed by atoms with Crippen LogP contribution in [0.4, 0.5) is 13.2 Å². The quantitative estimate of drug-likeness (QED) is 0.729. The number of benzene rings is 1. The summed E-state index contributed by atoms with van der Waals surface area (Å²) in [4.78, 5) is 10.2. The Morgan fingerprint density at radius 1 is 1.27 bits per heavy atom. The van der Waals surface area contributed by atoms with E-state index in [-0.39, 0.29) is 5.75 Å². The lowest BCUT2D eigenvalue weighted by molar-refractivity contribution is -0.137. The molecule has 1 aromatic rings. The molecular weight excluding hydrogens is 209 g/mol. The standard InChI is InChI=1S/C10H9F3O2/c1-7(6-14)15-9-4-2-8(3-5-9)10(11,12)13/h2-7H,1H3. The van der Waals surface area contributed by atoms with E-state index in [4.69, 9.17) is 4.74 Å². The summed E-state index contributed by atoms with van der Waals surface area (Å²) in [6, 6.07) is 4.19. The van der Waals surface area contributed by atoms with Gasteiger partial charge in [-0.15, -0.1) is 0 Å². The average Bonchev–Trinajstić information content (AvgIpc) is 2.17. The number of carbonyl (C=O) groups is 1. The van der Waals surface area contributed by atoms with Gasteiger partial charge in [0.1, 0.15) is 5.75 Å². The van der Waals surface area contributed by atoms with Crippen LogP contribution in [-0.4, -0.2) is 12.4 Å². The second-order valence-electron chi connectivity index (χ2n) is 2.98. The van der Waals surface area contributed by atoms with Gasteiger partial charge in [0, 0.05) is 0 Å². The summed E-state index contributed by atoms with van der Waals surface area (Å²) in [6.07, 6.45) is -4.45. The Morgan fingerprint density at radius 2 is 1.80 bits per heavy atom. The van der Waals surface area contributed by atoms with Crippen molar-refractivity contribution in [1.29, 1.82) is 0 Å². The van der Waals surface area contributed by atoms with Crippen LogP contribution in [0.25, 0.3) is 0 Å². The molecule has 0 aromatic heterocycles. The molecule has 0 radical (unpaired) electrons. The lowest BCUT2D eigenvalue weighted by atomic mass is 10.2. The Labute approximate surface area is 84.7 Å². The summed E-state index contributed by atoms with van der Waals surface area (Å²) in [6.45, 7) is 1.50. The monoisotopic (exact) mass is 218 g/mol. The highest BCUT2D eigenvalue weighted by atomic mass is 19.4. The maximum atomic E-state index is 12.2. The van der Waals surface area contributed by atoms with E-state index >= 15 is 0 Å². The fraction of sp³-hybridized carbons (Fsp3) is 0.300. The minimum absolute atomic E-state index is 0.239. The van der Waals surface area contributed by atoms with Crippen molar-refractivity contribution in [2.45, 2.75) is 19.2 Å². The highest BCUT2D eigenvalue weighted by molar-refractivity contribution is 5.56. The van der Waals surface area contributed by atoms with E-state index in [0.717, 1.165) is 12.1 Å². The molecule has 0 saturated carbocycles. The second-order valence-corrected chi connectivity index (χ2v) is 2.98. The smallest absolute Gasteiger partial charge is 0.416 e. The molecule has 1 rings (SSSR count). The largest absolute Gasteiger partial charge is 0.483 e. The van der Waals surface area contributed by atoms with Crippen LogP contribution in [-0.2, 0) is 11.0 Å². The number of ether oxygens (including phenoxy) is 1. The van der Waals surface area contributed by atoms with Crippen LogP contribution in [0.15, 0.2) is 24.3 Å². The molecular formula is C10H9F3O2. The van der Waals surface area contributed by atoms with E-state index in [2.05, 4.69) is 0 Å². The lowest BCUT2D eigenvalue weighted by Gasteiger charge is -2.10. The Balaban J connectivity index is 2.77. The van der Waals surface area contributed by atoms with E-state index in [9.17, 15) is 18.0 Å². The highest BCUT2D eigenvalue weighted by Crippen LogP contribution is 2.30. The normalized spacial score (nSPS) is 13.3. The summed E-state index contributed by atoms with van der Waals surface area (Å²) in [7, 11) is 0. The molecule has 1 atom stereocenters. The molecule has 0 amide bonds. The van der Waals surface area contributed by atoms with Crippen molar-refractivity contribution >= 4 is 6.29 Å². The van der Waals surface area contributed by atoms with Gasteiger partial charge in [-0.3, -0.25) is 4.79 Å². The molecule has 0 bridgehead atoms. The van der Waals surface area contributed by atoms with Crippen molar-refractivity contribution in [3.05, 3.63) is 29.8 Å². The molecule has 0 heterocycles. The van der Waals surface area contributed by atoms with Crippen LogP contribution in [0.1, 0.15) is 12.5 Å². The van der Waals surface area contributed by atoms with Crippen LogP contribution in [0.5, 0.6) is 5.75 Å². The molecule has 0 spiro atoms. The maximum Gasteiger partial charge on any atom is 0.416 e. The van der Waals surface area contributed by atoms with E-state index in [1.165, 1.54) is 19.1 Å².